The maximum atomic E-state index is 9.23. The number of hydrogen-bond acceptors (Lipinski definition) is 8. The lowest BCUT2D eigenvalue weighted by atomic mass is 9.90. The van der Waals surface area contributed by atoms with E-state index in [4.69, 9.17) is 36.5 Å². The Bertz CT molecular complexity index is 1740. The monoisotopic (exact) mass is 600 g/mol. The lowest BCUT2D eigenvalue weighted by Crippen LogP contribution is -2.36. The van der Waals surface area contributed by atoms with Gasteiger partial charge in [0.25, 0.3) is 5.79 Å². The highest BCUT2D eigenvalue weighted by Gasteiger charge is 2.58. The molecule has 1 aliphatic carbocycles. The number of nitrogens with two attached hydrogens (primary N) is 1. The molecule has 0 amide bonds. The van der Waals surface area contributed by atoms with Crippen molar-refractivity contribution in [3.8, 4) is 11.5 Å². The van der Waals surface area contributed by atoms with Crippen LogP contribution in [0.2, 0.25) is 5.02 Å². The maximum Gasteiger partial charge on any atom is 0.292 e. The van der Waals surface area contributed by atoms with E-state index in [-0.39, 0.29) is 17.4 Å². The number of imidazole rings is 1. The summed E-state index contributed by atoms with van der Waals surface area (Å²) in [6.07, 6.45) is 6.10. The second kappa shape index (κ2) is 9.75. The van der Waals surface area contributed by atoms with Gasteiger partial charge in [0.1, 0.15) is 11.5 Å². The molecule has 5 heterocycles. The molecule has 0 radical (unpaired) electrons. The summed E-state index contributed by atoms with van der Waals surface area (Å²) in [6.45, 7) is 5.30. The number of ether oxygens (including phenoxy) is 3. The van der Waals surface area contributed by atoms with Gasteiger partial charge < -0.3 is 34.6 Å². The number of halogens is 1. The first-order valence-corrected chi connectivity index (χ1v) is 15.2. The molecule has 4 aromatic rings. The summed E-state index contributed by atoms with van der Waals surface area (Å²) in [7, 11) is 0. The standard InChI is InChI=1S/C32H33ClN6O4/c1-31(27-8-6-20(33)17-35-27)42-26-4-2-3-24(28(26)43-31)38-12-10-32(11-13-38)16-22(32)30-36-23-7-5-19(29(34)37-40)15-25(23)39(30)18-21-9-14-41-21/h2-8,15,17,21-22,40H,9-14,16,18H2,1H3,(H2,34,37)/t21-,22?,31?/m0/s1. The Hall–Kier alpha value is -4.02. The number of para-hydroxylation sites is 1. The van der Waals surface area contributed by atoms with Crippen molar-refractivity contribution in [1.82, 2.24) is 14.5 Å². The van der Waals surface area contributed by atoms with Crippen molar-refractivity contribution < 1.29 is 19.4 Å². The first-order valence-electron chi connectivity index (χ1n) is 14.8. The number of anilines is 1. The molecule has 2 aromatic carbocycles. The molecule has 3 N–H and O–H groups in total. The Morgan fingerprint density at radius 3 is 2.72 bits per heavy atom. The van der Waals surface area contributed by atoms with Crippen LogP contribution in [0.4, 0.5) is 5.69 Å². The van der Waals surface area contributed by atoms with Crippen LogP contribution < -0.4 is 20.1 Å². The molecule has 3 atom stereocenters. The first kappa shape index (κ1) is 26.6. The molecule has 3 fully saturated rings. The number of nitrogens with zero attached hydrogens (tertiary/aromatic N) is 5. The minimum atomic E-state index is -1.02. The molecule has 11 heteroatoms. The summed E-state index contributed by atoms with van der Waals surface area (Å²) in [5, 5.41) is 13.0. The Morgan fingerprint density at radius 1 is 1.16 bits per heavy atom. The van der Waals surface area contributed by atoms with Gasteiger partial charge in [-0.25, -0.2) is 4.98 Å². The predicted octanol–water partition coefficient (Wildman–Crippen LogP) is 5.39. The van der Waals surface area contributed by atoms with Gasteiger partial charge in [-0.05, 0) is 73.6 Å². The van der Waals surface area contributed by atoms with Crippen molar-refractivity contribution in [3.63, 3.8) is 0 Å². The van der Waals surface area contributed by atoms with Crippen molar-refractivity contribution in [2.24, 2.45) is 16.3 Å². The van der Waals surface area contributed by atoms with E-state index in [0.29, 0.717) is 22.2 Å². The van der Waals surface area contributed by atoms with E-state index in [9.17, 15) is 5.21 Å². The van der Waals surface area contributed by atoms with Crippen LogP contribution in [0.3, 0.4) is 0 Å². The lowest BCUT2D eigenvalue weighted by molar-refractivity contribution is -0.0716. The molecule has 3 aliphatic heterocycles. The summed E-state index contributed by atoms with van der Waals surface area (Å²) < 4.78 is 20.9. The fraction of sp³-hybridized carbons (Fsp3) is 0.406. The smallest absolute Gasteiger partial charge is 0.292 e. The van der Waals surface area contributed by atoms with Crippen LogP contribution >= 0.6 is 11.6 Å². The second-order valence-electron chi connectivity index (χ2n) is 12.3. The molecule has 222 valence electrons. The summed E-state index contributed by atoms with van der Waals surface area (Å²) in [6, 6.07) is 15.5. The summed E-state index contributed by atoms with van der Waals surface area (Å²) >= 11 is 6.06. The Labute approximate surface area is 254 Å². The number of piperidine rings is 1. The fourth-order valence-electron chi connectivity index (χ4n) is 7.02. The van der Waals surface area contributed by atoms with Crippen LogP contribution in [-0.4, -0.2) is 51.4 Å². The van der Waals surface area contributed by atoms with Crippen LogP contribution in [0.15, 0.2) is 59.9 Å². The lowest BCUT2D eigenvalue weighted by Gasteiger charge is -2.35. The molecule has 0 bridgehead atoms. The van der Waals surface area contributed by atoms with Crippen molar-refractivity contribution >= 4 is 34.2 Å². The Kier molecular flexibility index (Phi) is 6.03. The number of hydrogen-bond donors (Lipinski definition) is 2. The third kappa shape index (κ3) is 4.38. The molecule has 8 rings (SSSR count). The molecule has 4 aliphatic rings. The molecule has 2 saturated heterocycles. The van der Waals surface area contributed by atoms with Gasteiger partial charge in [-0.1, -0.05) is 22.8 Å². The summed E-state index contributed by atoms with van der Waals surface area (Å²) in [5.74, 6) is 2.07. The van der Waals surface area contributed by atoms with Crippen LogP contribution in [-0.2, 0) is 17.1 Å². The van der Waals surface area contributed by atoms with Crippen LogP contribution in [0.25, 0.3) is 11.0 Å². The normalized spacial score (nSPS) is 25.7. The van der Waals surface area contributed by atoms with Crippen molar-refractivity contribution in [2.45, 2.75) is 57.0 Å². The van der Waals surface area contributed by atoms with E-state index in [1.807, 2.05) is 43.3 Å². The van der Waals surface area contributed by atoms with Gasteiger partial charge in [0.15, 0.2) is 17.3 Å². The van der Waals surface area contributed by atoms with Gasteiger partial charge in [0.2, 0.25) is 0 Å². The van der Waals surface area contributed by atoms with E-state index in [2.05, 4.69) is 25.7 Å². The third-order valence-corrected chi connectivity index (χ3v) is 9.94. The zero-order chi connectivity index (χ0) is 29.3. The second-order valence-corrected chi connectivity index (χ2v) is 12.7. The minimum Gasteiger partial charge on any atom is -0.443 e. The molecule has 10 nitrogen and oxygen atoms in total. The number of aromatic nitrogens is 3. The minimum absolute atomic E-state index is 0.0953. The Balaban J connectivity index is 1.03. The van der Waals surface area contributed by atoms with Crippen molar-refractivity contribution in [3.05, 3.63) is 76.8 Å². The highest BCUT2D eigenvalue weighted by molar-refractivity contribution is 6.30. The average Bonchev–Trinajstić information content (AvgIpc) is 3.37. The number of oxime groups is 1. The average molecular weight is 601 g/mol. The van der Waals surface area contributed by atoms with Crippen LogP contribution in [0, 0.1) is 5.41 Å². The van der Waals surface area contributed by atoms with Crippen LogP contribution in [0.1, 0.15) is 55.6 Å². The van der Waals surface area contributed by atoms with Crippen LogP contribution in [0.5, 0.6) is 11.5 Å². The number of rotatable bonds is 6. The van der Waals surface area contributed by atoms with Gasteiger partial charge in [-0.15, -0.1) is 0 Å². The van der Waals surface area contributed by atoms with E-state index in [1.165, 1.54) is 0 Å². The molecular formula is C32H33ClN6O4. The summed E-state index contributed by atoms with van der Waals surface area (Å²) in [5.41, 5.74) is 10.5. The number of fused-ring (bicyclic) bond motifs is 2. The Morgan fingerprint density at radius 2 is 2.00 bits per heavy atom. The quantitative estimate of drug-likeness (QED) is 0.131. The molecular weight excluding hydrogens is 568 g/mol. The largest absolute Gasteiger partial charge is 0.443 e. The fourth-order valence-corrected chi connectivity index (χ4v) is 7.13. The third-order valence-electron chi connectivity index (χ3n) is 9.71. The van der Waals surface area contributed by atoms with Gasteiger partial charge in [-0.3, -0.25) is 4.98 Å². The molecule has 2 unspecified atom stereocenters. The van der Waals surface area contributed by atoms with Gasteiger partial charge in [-0.2, -0.15) is 0 Å². The van der Waals surface area contributed by atoms with Gasteiger partial charge in [0, 0.05) is 44.3 Å². The first-order chi connectivity index (χ1) is 20.9. The van der Waals surface area contributed by atoms with E-state index < -0.39 is 5.79 Å². The van der Waals surface area contributed by atoms with E-state index >= 15 is 0 Å². The molecule has 1 saturated carbocycles. The summed E-state index contributed by atoms with van der Waals surface area (Å²) in [4.78, 5) is 12.0. The SMILES string of the molecule is CC1(c2ccc(Cl)cn2)Oc2cccc(N3CCC4(CC3)CC4c3nc4ccc(/C(N)=N/O)cc4n3C[C@@H]3CCO3)c2O1. The van der Waals surface area contributed by atoms with Crippen molar-refractivity contribution in [1.29, 1.82) is 0 Å². The number of pyridine rings is 1. The number of benzene rings is 2. The van der Waals surface area contributed by atoms with Gasteiger partial charge >= 0.3 is 0 Å². The zero-order valence-corrected chi connectivity index (χ0v) is 24.6. The predicted molar refractivity (Wildman–Crippen MR) is 162 cm³/mol. The zero-order valence-electron chi connectivity index (χ0n) is 23.9. The molecule has 1 spiro atoms. The van der Waals surface area contributed by atoms with Gasteiger partial charge in [0.05, 0.1) is 34.4 Å². The van der Waals surface area contributed by atoms with E-state index in [1.54, 1.807) is 12.3 Å². The maximum absolute atomic E-state index is 9.23. The van der Waals surface area contributed by atoms with Crippen molar-refractivity contribution in [2.75, 3.05) is 24.6 Å². The topological polar surface area (TPSA) is 120 Å². The van der Waals surface area contributed by atoms with E-state index in [0.717, 1.165) is 86.0 Å². The highest BCUT2D eigenvalue weighted by atomic mass is 35.5. The molecule has 43 heavy (non-hydrogen) atoms. The molecule has 2 aromatic heterocycles. The number of amidine groups is 1. The highest BCUT2D eigenvalue weighted by Crippen LogP contribution is 2.65.